The lowest BCUT2D eigenvalue weighted by atomic mass is 10.0. The van der Waals surface area contributed by atoms with Gasteiger partial charge in [0.15, 0.2) is 0 Å². The van der Waals surface area contributed by atoms with Crippen molar-refractivity contribution < 1.29 is 71.3 Å². The van der Waals surface area contributed by atoms with Gasteiger partial charge in [0.05, 0.1) is 151 Å². The summed E-state index contributed by atoms with van der Waals surface area (Å²) in [5, 5.41) is 11.6. The molecule has 4 rings (SSSR count). The summed E-state index contributed by atoms with van der Waals surface area (Å²) < 4.78 is 60.7. The first-order valence-corrected chi connectivity index (χ1v) is 26.3. The monoisotopic (exact) mass is 1010 g/mol. The normalized spacial score (nSPS) is 16.4. The van der Waals surface area contributed by atoms with Gasteiger partial charge in [-0.15, -0.1) is 0 Å². The number of benzene rings is 2. The zero-order valence-corrected chi connectivity index (χ0v) is 42.2. The molecule has 2 heterocycles. The molecule has 3 amide bonds. The van der Waals surface area contributed by atoms with Crippen LogP contribution >= 0.6 is 11.8 Å². The van der Waals surface area contributed by atoms with Crippen molar-refractivity contribution in [3.05, 3.63) is 48.0 Å². The summed E-state index contributed by atoms with van der Waals surface area (Å²) in [7, 11) is 0. The Morgan fingerprint density at radius 3 is 1.51 bits per heavy atom. The minimum Gasteiger partial charge on any atom is -0.379 e. The van der Waals surface area contributed by atoms with Crippen LogP contribution in [0.4, 0.5) is 4.79 Å². The lowest BCUT2D eigenvalue weighted by Crippen LogP contribution is -2.36. The third-order valence-corrected chi connectivity index (χ3v) is 12.7. The molecule has 0 spiro atoms. The molecular weight excluding hydrogens is 927 g/mol. The number of amides is 3. The van der Waals surface area contributed by atoms with Crippen molar-refractivity contribution in [2.75, 3.05) is 158 Å². The van der Waals surface area contributed by atoms with Crippen LogP contribution in [0.25, 0.3) is 10.8 Å². The molecule has 3 atom stereocenters. The molecule has 2 fully saturated rings. The number of fused-ring (bicyclic) bond motifs is 2. The van der Waals surface area contributed by atoms with Crippen LogP contribution in [0.15, 0.2) is 42.5 Å². The van der Waals surface area contributed by atoms with E-state index in [4.69, 9.17) is 52.1 Å². The summed E-state index contributed by atoms with van der Waals surface area (Å²) in [6, 6.07) is 14.6. The second kappa shape index (κ2) is 40.2. The summed E-state index contributed by atoms with van der Waals surface area (Å²) in [5.41, 5.74) is 1.01. The van der Waals surface area contributed by atoms with Crippen LogP contribution in [-0.4, -0.2) is 198 Å². The number of ether oxygens (including phenoxy) is 11. The van der Waals surface area contributed by atoms with Crippen molar-refractivity contribution in [1.29, 1.82) is 0 Å². The molecular formula is C51H81N3O15S. The number of ketones is 2. The second-order valence-corrected chi connectivity index (χ2v) is 18.1. The Morgan fingerprint density at radius 1 is 0.500 bits per heavy atom. The van der Waals surface area contributed by atoms with Gasteiger partial charge >= 0.3 is 6.03 Å². The Labute approximate surface area is 419 Å². The molecule has 3 unspecified atom stereocenters. The molecule has 0 saturated carbocycles. The van der Waals surface area contributed by atoms with Gasteiger partial charge in [-0.05, 0) is 42.0 Å². The van der Waals surface area contributed by atoms with Crippen LogP contribution in [0.1, 0.15) is 63.4 Å². The zero-order valence-electron chi connectivity index (χ0n) is 41.3. The molecule has 2 aromatic carbocycles. The number of nitrogens with one attached hydrogen (secondary N) is 3. The molecule has 0 aliphatic carbocycles. The van der Waals surface area contributed by atoms with Gasteiger partial charge in [0.2, 0.25) is 5.91 Å². The lowest BCUT2D eigenvalue weighted by Gasteiger charge is -2.16. The van der Waals surface area contributed by atoms with Crippen molar-refractivity contribution >= 4 is 46.0 Å². The highest BCUT2D eigenvalue weighted by Gasteiger charge is 2.42. The molecule has 2 aliphatic heterocycles. The van der Waals surface area contributed by atoms with Crippen molar-refractivity contribution in [2.24, 2.45) is 0 Å². The lowest BCUT2D eigenvalue weighted by molar-refractivity contribution is -0.123. The number of hydrogen-bond acceptors (Lipinski definition) is 16. The number of carbonyl (C=O) groups is 4. The Balaban J connectivity index is 0.738. The van der Waals surface area contributed by atoms with E-state index in [0.29, 0.717) is 189 Å². The fourth-order valence-corrected chi connectivity index (χ4v) is 9.08. The standard InChI is InChI=1S/C51H81N3O15S/c55-45(9-3-4-12-48-50-47(41-70-48)53-51(58)54-50)11-6-17-59-19-21-61-23-25-63-27-29-65-31-33-67-35-37-69-38-36-68-34-32-66-30-28-64-26-24-62-22-20-60-18-15-49(57)52-16-5-10-46(56)40-42-13-14-43-7-1-2-8-44(43)39-42/h1-2,7-8,13-14,39,47-48,50H,3-6,9-12,15-38,40-41H2,(H,52,57)(H2,53,54,58). The van der Waals surface area contributed by atoms with Gasteiger partial charge in [0.25, 0.3) is 0 Å². The molecule has 396 valence electrons. The van der Waals surface area contributed by atoms with Crippen LogP contribution in [0.5, 0.6) is 0 Å². The SMILES string of the molecule is O=C(CCCCC1SCC2NC(=O)NC21)CCCOCCOCCOCCOCCOCCOCCOCCOCCOCCOCCOCCC(=O)NCCCC(=O)Cc1ccc2ccccc2c1. The third-order valence-electron chi connectivity index (χ3n) is 11.2. The van der Waals surface area contributed by atoms with Crippen LogP contribution in [-0.2, 0) is 72.9 Å². The molecule has 0 bridgehead atoms. The predicted octanol–water partition coefficient (Wildman–Crippen LogP) is 4.50. The van der Waals surface area contributed by atoms with Gasteiger partial charge in [-0.3, -0.25) is 14.4 Å². The van der Waals surface area contributed by atoms with Gasteiger partial charge in [-0.25, -0.2) is 4.79 Å². The van der Waals surface area contributed by atoms with E-state index in [1.54, 1.807) is 0 Å². The minimum absolute atomic E-state index is 0.0548. The van der Waals surface area contributed by atoms with Crippen LogP contribution in [0.2, 0.25) is 0 Å². The van der Waals surface area contributed by atoms with Gasteiger partial charge < -0.3 is 68.1 Å². The number of carbonyl (C=O) groups excluding carboxylic acids is 4. The maximum atomic E-state index is 12.4. The Kier molecular flexibility index (Phi) is 34.0. The van der Waals surface area contributed by atoms with Gasteiger partial charge in [-0.2, -0.15) is 11.8 Å². The van der Waals surface area contributed by atoms with Crippen molar-refractivity contribution in [2.45, 2.75) is 81.5 Å². The average Bonchev–Trinajstić information content (AvgIpc) is 3.92. The number of rotatable bonds is 48. The molecule has 2 saturated heterocycles. The minimum atomic E-state index is -0.0932. The van der Waals surface area contributed by atoms with E-state index in [0.717, 1.165) is 47.8 Å². The first-order valence-electron chi connectivity index (χ1n) is 25.3. The van der Waals surface area contributed by atoms with Crippen molar-refractivity contribution in [3.63, 3.8) is 0 Å². The van der Waals surface area contributed by atoms with E-state index in [9.17, 15) is 19.2 Å². The van der Waals surface area contributed by atoms with E-state index in [2.05, 4.69) is 28.1 Å². The molecule has 3 N–H and O–H groups in total. The van der Waals surface area contributed by atoms with E-state index >= 15 is 0 Å². The summed E-state index contributed by atoms with van der Waals surface area (Å²) in [4.78, 5) is 48.1. The molecule has 2 aliphatic rings. The number of unbranched alkanes of at least 4 members (excludes halogenated alkanes) is 1. The summed E-state index contributed by atoms with van der Waals surface area (Å²) in [6.07, 6.45) is 6.53. The smallest absolute Gasteiger partial charge is 0.315 e. The summed E-state index contributed by atoms with van der Waals surface area (Å²) in [5.74, 6) is 1.33. The zero-order chi connectivity index (χ0) is 49.4. The number of hydrogen-bond donors (Lipinski definition) is 3. The van der Waals surface area contributed by atoms with Gasteiger partial charge in [-0.1, -0.05) is 48.9 Å². The highest BCUT2D eigenvalue weighted by atomic mass is 32.2. The summed E-state index contributed by atoms with van der Waals surface area (Å²) in [6.45, 7) is 10.7. The fraction of sp³-hybridized carbons (Fsp3) is 0.725. The summed E-state index contributed by atoms with van der Waals surface area (Å²) >= 11 is 1.91. The van der Waals surface area contributed by atoms with E-state index < -0.39 is 0 Å². The van der Waals surface area contributed by atoms with Crippen LogP contribution in [0.3, 0.4) is 0 Å². The topological polar surface area (TPSA) is 206 Å². The first-order chi connectivity index (χ1) is 34.5. The van der Waals surface area contributed by atoms with E-state index in [-0.39, 0.29) is 42.0 Å². The number of thioether (sulfide) groups is 1. The Morgan fingerprint density at radius 2 is 0.971 bits per heavy atom. The third kappa shape index (κ3) is 29.3. The van der Waals surface area contributed by atoms with Crippen molar-refractivity contribution in [1.82, 2.24) is 16.0 Å². The van der Waals surface area contributed by atoms with Crippen LogP contribution < -0.4 is 16.0 Å². The van der Waals surface area contributed by atoms with E-state index in [1.807, 2.05) is 42.1 Å². The molecule has 19 heteroatoms. The molecule has 70 heavy (non-hydrogen) atoms. The van der Waals surface area contributed by atoms with Crippen LogP contribution in [0, 0.1) is 0 Å². The predicted molar refractivity (Wildman–Crippen MR) is 267 cm³/mol. The van der Waals surface area contributed by atoms with E-state index in [1.165, 1.54) is 0 Å². The molecule has 2 aromatic rings. The first kappa shape index (κ1) is 59.3. The molecule has 0 aromatic heterocycles. The molecule has 18 nitrogen and oxygen atoms in total. The quantitative estimate of drug-likeness (QED) is 0.0617. The Hall–Kier alpha value is -3.31. The molecule has 0 radical (unpaired) electrons. The highest BCUT2D eigenvalue weighted by molar-refractivity contribution is 8.00. The maximum absolute atomic E-state index is 12.4. The average molecular weight is 1010 g/mol. The van der Waals surface area contributed by atoms with Gasteiger partial charge in [0.1, 0.15) is 11.6 Å². The fourth-order valence-electron chi connectivity index (χ4n) is 7.54. The number of Topliss-reactive ketones (excluding diaryl/α,β-unsaturated/α-hetero) is 2. The second-order valence-electron chi connectivity index (χ2n) is 16.8. The van der Waals surface area contributed by atoms with Crippen molar-refractivity contribution in [3.8, 4) is 0 Å². The van der Waals surface area contributed by atoms with Gasteiger partial charge in [0, 0.05) is 56.3 Å². The maximum Gasteiger partial charge on any atom is 0.315 e. The largest absolute Gasteiger partial charge is 0.379 e. The number of urea groups is 1. The Bertz CT molecular complexity index is 1700. The highest BCUT2D eigenvalue weighted by Crippen LogP contribution is 2.33.